The third-order valence-corrected chi connectivity index (χ3v) is 4.51. The molecule has 0 saturated heterocycles. The Kier molecular flexibility index (Phi) is 4.79. The van der Waals surface area contributed by atoms with Gasteiger partial charge in [-0.2, -0.15) is 0 Å². The molecule has 7 nitrogen and oxygen atoms in total. The molecule has 1 aliphatic heterocycles. The molecule has 1 aromatic carbocycles. The molecule has 0 fully saturated rings. The molecule has 0 radical (unpaired) electrons. The van der Waals surface area contributed by atoms with Crippen molar-refractivity contribution in [3.05, 3.63) is 65.6 Å². The Morgan fingerprint density at radius 3 is 3.12 bits per heavy atom. The number of fused-ring (bicyclic) bond motifs is 2. The van der Waals surface area contributed by atoms with Gasteiger partial charge in [-0.1, -0.05) is 18.2 Å². The average Bonchev–Trinajstić information content (AvgIpc) is 3.03. The van der Waals surface area contributed by atoms with Gasteiger partial charge in [0.1, 0.15) is 24.5 Å². The Morgan fingerprint density at radius 2 is 2.19 bits per heavy atom. The van der Waals surface area contributed by atoms with Gasteiger partial charge in [0.05, 0.1) is 30.9 Å². The molecule has 1 aliphatic rings. The molecule has 3 aromatic rings. The van der Waals surface area contributed by atoms with E-state index in [1.165, 1.54) is 0 Å². The van der Waals surface area contributed by atoms with Crippen LogP contribution in [0.3, 0.4) is 0 Å². The van der Waals surface area contributed by atoms with Crippen LogP contribution < -0.4 is 10.1 Å². The van der Waals surface area contributed by atoms with Crippen molar-refractivity contribution in [2.45, 2.75) is 26.1 Å². The molecule has 0 atom stereocenters. The van der Waals surface area contributed by atoms with Crippen LogP contribution in [0.15, 0.2) is 43.1 Å². The number of ether oxygens (including phenoxy) is 2. The quantitative estimate of drug-likeness (QED) is 0.735. The monoisotopic (exact) mass is 351 g/mol. The van der Waals surface area contributed by atoms with Crippen LogP contribution in [0.25, 0.3) is 0 Å². The number of aromatic nitrogens is 4. The zero-order valence-electron chi connectivity index (χ0n) is 14.7. The second-order valence-corrected chi connectivity index (χ2v) is 6.15. The highest BCUT2D eigenvalue weighted by Gasteiger charge is 2.19. The van der Waals surface area contributed by atoms with Crippen molar-refractivity contribution in [3.8, 4) is 5.75 Å². The predicted molar refractivity (Wildman–Crippen MR) is 97.0 cm³/mol. The van der Waals surface area contributed by atoms with Gasteiger partial charge in [0, 0.05) is 31.8 Å². The zero-order chi connectivity index (χ0) is 17.8. The van der Waals surface area contributed by atoms with Crippen LogP contribution in [0.5, 0.6) is 5.75 Å². The Labute approximate surface area is 152 Å². The van der Waals surface area contributed by atoms with Gasteiger partial charge in [-0.15, -0.1) is 0 Å². The van der Waals surface area contributed by atoms with Gasteiger partial charge in [0.2, 0.25) is 0 Å². The van der Waals surface area contributed by atoms with E-state index in [2.05, 4.69) is 30.9 Å². The Hall–Kier alpha value is -2.93. The molecule has 7 heteroatoms. The van der Waals surface area contributed by atoms with Crippen LogP contribution in [-0.4, -0.2) is 33.2 Å². The summed E-state index contributed by atoms with van der Waals surface area (Å²) in [5.41, 5.74) is 4.24. The van der Waals surface area contributed by atoms with Gasteiger partial charge in [-0.3, -0.25) is 0 Å². The molecule has 3 heterocycles. The van der Waals surface area contributed by atoms with Crippen molar-refractivity contribution >= 4 is 5.82 Å². The Morgan fingerprint density at radius 1 is 1.27 bits per heavy atom. The van der Waals surface area contributed by atoms with E-state index in [1.807, 2.05) is 30.7 Å². The molecular weight excluding hydrogens is 330 g/mol. The maximum atomic E-state index is 5.90. The molecule has 0 bridgehead atoms. The lowest BCUT2D eigenvalue weighted by Crippen LogP contribution is -2.13. The molecule has 4 rings (SSSR count). The minimum atomic E-state index is 0.454. The second kappa shape index (κ2) is 7.53. The van der Waals surface area contributed by atoms with E-state index in [1.54, 1.807) is 13.4 Å². The van der Waals surface area contributed by atoms with Crippen molar-refractivity contribution in [3.63, 3.8) is 0 Å². The third-order valence-electron chi connectivity index (χ3n) is 4.51. The van der Waals surface area contributed by atoms with Gasteiger partial charge in [-0.05, 0) is 11.6 Å². The summed E-state index contributed by atoms with van der Waals surface area (Å²) in [6, 6.07) is 8.09. The van der Waals surface area contributed by atoms with Gasteiger partial charge >= 0.3 is 0 Å². The van der Waals surface area contributed by atoms with E-state index in [9.17, 15) is 0 Å². The summed E-state index contributed by atoms with van der Waals surface area (Å²) in [6.45, 7) is 2.52. The molecule has 134 valence electrons. The summed E-state index contributed by atoms with van der Waals surface area (Å²) in [5, 5.41) is 3.44. The summed E-state index contributed by atoms with van der Waals surface area (Å²) in [7, 11) is 1.70. The summed E-state index contributed by atoms with van der Waals surface area (Å²) in [6.07, 6.45) is 6.02. The lowest BCUT2D eigenvalue weighted by atomic mass is 10.0. The van der Waals surface area contributed by atoms with Crippen molar-refractivity contribution in [2.24, 2.45) is 0 Å². The number of nitrogens with one attached hydrogen (secondary N) is 1. The van der Waals surface area contributed by atoms with E-state index < -0.39 is 0 Å². The van der Waals surface area contributed by atoms with E-state index >= 15 is 0 Å². The lowest BCUT2D eigenvalue weighted by molar-refractivity contribution is 0.186. The topological polar surface area (TPSA) is 74.1 Å². The average molecular weight is 351 g/mol. The van der Waals surface area contributed by atoms with Crippen LogP contribution in [0.2, 0.25) is 0 Å². The summed E-state index contributed by atoms with van der Waals surface area (Å²) < 4.78 is 13.1. The van der Waals surface area contributed by atoms with E-state index in [0.717, 1.165) is 47.0 Å². The second-order valence-electron chi connectivity index (χ2n) is 6.15. The molecule has 2 aromatic heterocycles. The predicted octanol–water partition coefficient (Wildman–Crippen LogP) is 2.41. The summed E-state index contributed by atoms with van der Waals surface area (Å²) >= 11 is 0. The van der Waals surface area contributed by atoms with Gasteiger partial charge in [0.15, 0.2) is 0 Å². The smallest absolute Gasteiger partial charge is 0.133 e. The largest absolute Gasteiger partial charge is 0.487 e. The fourth-order valence-corrected chi connectivity index (χ4v) is 3.10. The van der Waals surface area contributed by atoms with Crippen molar-refractivity contribution < 1.29 is 9.47 Å². The van der Waals surface area contributed by atoms with Crippen molar-refractivity contribution in [1.29, 1.82) is 0 Å². The number of benzene rings is 1. The first-order valence-electron chi connectivity index (χ1n) is 8.60. The third kappa shape index (κ3) is 3.39. The number of imidazole rings is 1. The zero-order valence-corrected chi connectivity index (χ0v) is 14.7. The number of methoxy groups -OCH3 is 1. The fraction of sp³-hybridized carbons (Fsp3) is 0.316. The summed E-state index contributed by atoms with van der Waals surface area (Å²) in [4.78, 5) is 13.1. The van der Waals surface area contributed by atoms with Gasteiger partial charge < -0.3 is 19.4 Å². The van der Waals surface area contributed by atoms with Crippen molar-refractivity contribution in [2.75, 3.05) is 19.0 Å². The van der Waals surface area contributed by atoms with Crippen molar-refractivity contribution in [1.82, 2.24) is 19.5 Å². The lowest BCUT2D eigenvalue weighted by Gasteiger charge is -2.13. The molecular formula is C19H21N5O2. The normalized spacial score (nSPS) is 12.7. The summed E-state index contributed by atoms with van der Waals surface area (Å²) in [5.74, 6) is 1.75. The number of anilines is 1. The van der Waals surface area contributed by atoms with E-state index in [0.29, 0.717) is 19.8 Å². The molecule has 0 unspecified atom stereocenters. The molecule has 1 N–H and O–H groups in total. The van der Waals surface area contributed by atoms with E-state index in [-0.39, 0.29) is 0 Å². The number of hydrogen-bond donors (Lipinski definition) is 1. The highest BCUT2D eigenvalue weighted by molar-refractivity contribution is 5.51. The first-order valence-corrected chi connectivity index (χ1v) is 8.60. The first-order chi connectivity index (χ1) is 12.8. The Balaban J connectivity index is 1.55. The molecule has 0 aliphatic carbocycles. The van der Waals surface area contributed by atoms with Crippen LogP contribution in [0, 0.1) is 0 Å². The number of para-hydroxylation sites is 1. The first kappa shape index (κ1) is 16.5. The number of rotatable bonds is 6. The number of hydrogen-bond acceptors (Lipinski definition) is 6. The van der Waals surface area contributed by atoms with Crippen LogP contribution in [0.4, 0.5) is 5.82 Å². The van der Waals surface area contributed by atoms with Crippen LogP contribution in [-0.2, 0) is 30.9 Å². The molecule has 0 spiro atoms. The number of nitrogens with zero attached hydrogens (tertiary/aromatic N) is 4. The highest BCUT2D eigenvalue weighted by Crippen LogP contribution is 2.30. The maximum absolute atomic E-state index is 5.90. The molecule has 0 saturated carbocycles. The molecule has 0 amide bonds. The van der Waals surface area contributed by atoms with Gasteiger partial charge in [0.25, 0.3) is 0 Å². The molecule has 26 heavy (non-hydrogen) atoms. The van der Waals surface area contributed by atoms with E-state index in [4.69, 9.17) is 9.47 Å². The Bertz CT molecular complexity index is 893. The standard InChI is InChI=1S/C19H21N5O2/c1-25-7-6-24-13-20-9-15(24)10-21-19-16-8-14-4-2-3-5-18(14)26-11-17(16)22-12-23-19/h2-5,9,12-13H,6-8,10-11H2,1H3,(H,21,22,23). The minimum Gasteiger partial charge on any atom is -0.487 e. The van der Waals surface area contributed by atoms with Crippen LogP contribution in [0.1, 0.15) is 22.5 Å². The minimum absolute atomic E-state index is 0.454. The maximum Gasteiger partial charge on any atom is 0.133 e. The van der Waals surface area contributed by atoms with Gasteiger partial charge in [-0.25, -0.2) is 15.0 Å². The fourth-order valence-electron chi connectivity index (χ4n) is 3.10. The highest BCUT2D eigenvalue weighted by atomic mass is 16.5. The SMILES string of the molecule is COCCn1cncc1CNc1ncnc2c1Cc1ccccc1OC2. The van der Waals surface area contributed by atoms with Crippen LogP contribution >= 0.6 is 0 Å².